The normalized spacial score (nSPS) is 43.4. The molecule has 12 heteroatoms. The Morgan fingerprint density at radius 2 is 1.38 bits per heavy atom. The van der Waals surface area contributed by atoms with Crippen LogP contribution in [0.5, 0.6) is 0 Å². The summed E-state index contributed by atoms with van der Waals surface area (Å²) in [5.41, 5.74) is 0. The molecule has 0 radical (unpaired) electrons. The van der Waals surface area contributed by atoms with E-state index in [1.54, 1.807) is 0 Å². The van der Waals surface area contributed by atoms with E-state index in [4.69, 9.17) is 18.9 Å². The van der Waals surface area contributed by atoms with Crippen molar-refractivity contribution in [3.63, 3.8) is 0 Å². The topological polar surface area (TPSA) is 158 Å². The minimum atomic E-state index is -1.62. The number of hydrogen-bond donors (Lipinski definition) is 8. The van der Waals surface area contributed by atoms with Crippen molar-refractivity contribution in [3.05, 3.63) is 0 Å². The van der Waals surface area contributed by atoms with Crippen molar-refractivity contribution in [2.45, 2.75) is 80.7 Å². The molecule has 0 spiro atoms. The molecule has 10 nitrogen and oxygen atoms in total. The minimum absolute atomic E-state index is 0.0454. The number of unbranched alkanes of at least 4 members (excludes halogenated alkanes) is 2. The van der Waals surface area contributed by atoms with Gasteiger partial charge in [-0.05, 0) is 18.6 Å². The molecule has 2 heterocycles. The van der Waals surface area contributed by atoms with E-state index in [0.29, 0.717) is 6.61 Å². The molecule has 2 saturated heterocycles. The summed E-state index contributed by atoms with van der Waals surface area (Å²) < 4.78 is 22.0. The van der Waals surface area contributed by atoms with Crippen LogP contribution < -0.4 is 0 Å². The van der Waals surface area contributed by atoms with E-state index >= 15 is 0 Å². The number of ether oxygens (including phenoxy) is 4. The van der Waals surface area contributed by atoms with Gasteiger partial charge < -0.3 is 49.6 Å². The molecule has 0 saturated carbocycles. The second kappa shape index (κ2) is 12.4. The van der Waals surface area contributed by atoms with Crippen molar-refractivity contribution in [2.24, 2.45) is 0 Å². The van der Waals surface area contributed by atoms with Gasteiger partial charge in [0.25, 0.3) is 0 Å². The van der Waals surface area contributed by atoms with E-state index < -0.39 is 68.0 Å². The Hall–Kier alpha value is 0.300. The Bertz CT molecular complexity index is 471. The summed E-state index contributed by atoms with van der Waals surface area (Å²) in [6.07, 6.45) is -10.9. The van der Waals surface area contributed by atoms with E-state index in [0.717, 1.165) is 25.0 Å². The lowest BCUT2D eigenvalue weighted by atomic mass is 9.97. The summed E-state index contributed by atoms with van der Waals surface area (Å²) >= 11 is 8.15. The van der Waals surface area contributed by atoms with E-state index in [1.807, 2.05) is 0 Å². The maximum atomic E-state index is 10.5. The lowest BCUT2D eigenvalue weighted by Crippen LogP contribution is -2.64. The fraction of sp³-hybridized carbons (Fsp3) is 1.00. The maximum Gasteiger partial charge on any atom is 0.187 e. The highest BCUT2D eigenvalue weighted by Gasteiger charge is 2.50. The van der Waals surface area contributed by atoms with Crippen LogP contribution in [0.3, 0.4) is 0 Å². The Kier molecular flexibility index (Phi) is 10.9. The number of aliphatic hydroxyl groups is 6. The van der Waals surface area contributed by atoms with Gasteiger partial charge in [-0.1, -0.05) is 6.42 Å². The van der Waals surface area contributed by atoms with E-state index in [9.17, 15) is 30.6 Å². The molecule has 2 rings (SSSR count). The average molecular weight is 461 g/mol. The van der Waals surface area contributed by atoms with Gasteiger partial charge >= 0.3 is 0 Å². The number of hydrogen-bond acceptors (Lipinski definition) is 12. The number of rotatable bonds is 10. The third-order valence-electron chi connectivity index (χ3n) is 5.04. The van der Waals surface area contributed by atoms with Gasteiger partial charge in [-0.25, -0.2) is 0 Å². The van der Waals surface area contributed by atoms with Crippen molar-refractivity contribution >= 4 is 25.3 Å². The first kappa shape index (κ1) is 25.6. The van der Waals surface area contributed by atoms with Gasteiger partial charge in [0.2, 0.25) is 0 Å². The molecular weight excluding hydrogens is 428 g/mol. The predicted molar refractivity (Wildman–Crippen MR) is 107 cm³/mol. The molecule has 172 valence electrons. The Balaban J connectivity index is 1.98. The average Bonchev–Trinajstić information content (AvgIpc) is 2.72. The maximum absolute atomic E-state index is 10.5. The van der Waals surface area contributed by atoms with Gasteiger partial charge in [-0.15, -0.1) is 0 Å². The number of thiol groups is 2. The molecule has 10 atom stereocenters. The molecule has 0 aliphatic carbocycles. The van der Waals surface area contributed by atoms with Crippen LogP contribution in [0.2, 0.25) is 0 Å². The van der Waals surface area contributed by atoms with Crippen molar-refractivity contribution in [2.75, 3.05) is 24.7 Å². The van der Waals surface area contributed by atoms with E-state index in [1.165, 1.54) is 0 Å². The first-order valence-corrected chi connectivity index (χ1v) is 10.9. The highest BCUT2D eigenvalue weighted by atomic mass is 32.1. The van der Waals surface area contributed by atoms with Crippen LogP contribution in [0, 0.1) is 0 Å². The van der Waals surface area contributed by atoms with Crippen molar-refractivity contribution in [1.29, 1.82) is 0 Å². The largest absolute Gasteiger partial charge is 0.394 e. The molecule has 29 heavy (non-hydrogen) atoms. The molecule has 4 unspecified atom stereocenters. The van der Waals surface area contributed by atoms with Gasteiger partial charge in [-0.2, -0.15) is 25.3 Å². The lowest BCUT2D eigenvalue weighted by Gasteiger charge is -2.46. The summed E-state index contributed by atoms with van der Waals surface area (Å²) in [5, 5.41) is 60.5. The summed E-state index contributed by atoms with van der Waals surface area (Å²) in [4.78, 5) is 0. The van der Waals surface area contributed by atoms with Crippen LogP contribution in [0.1, 0.15) is 19.3 Å². The molecule has 2 fully saturated rings. The molecule has 2 aliphatic rings. The third-order valence-corrected chi connectivity index (χ3v) is 5.72. The zero-order valence-corrected chi connectivity index (χ0v) is 17.7. The molecule has 0 amide bonds. The van der Waals surface area contributed by atoms with Gasteiger partial charge in [0.05, 0.1) is 12.7 Å². The minimum Gasteiger partial charge on any atom is -0.394 e. The second-order valence-electron chi connectivity index (χ2n) is 7.16. The highest BCUT2D eigenvalue weighted by molar-refractivity contribution is 7.80. The van der Waals surface area contributed by atoms with E-state index in [2.05, 4.69) is 25.3 Å². The summed E-state index contributed by atoms with van der Waals surface area (Å²) in [7, 11) is 0. The molecule has 6 N–H and O–H groups in total. The predicted octanol–water partition coefficient (Wildman–Crippen LogP) is -2.34. The quantitative estimate of drug-likeness (QED) is 0.131. The monoisotopic (exact) mass is 460 g/mol. The second-order valence-corrected chi connectivity index (χ2v) is 7.97. The van der Waals surface area contributed by atoms with Gasteiger partial charge in [0.15, 0.2) is 12.6 Å². The zero-order valence-electron chi connectivity index (χ0n) is 15.9. The van der Waals surface area contributed by atoms with Gasteiger partial charge in [0.1, 0.15) is 42.7 Å². The van der Waals surface area contributed by atoms with Crippen molar-refractivity contribution in [1.82, 2.24) is 0 Å². The SMILES string of the molecule is OCC1O[C@H](OCCCCCS)C(O)[C@@H](O)[C@H]1O[C@@H]1OC(CS)[C@H](O)C(O)[C@@H]1O. The van der Waals surface area contributed by atoms with Gasteiger partial charge in [0, 0.05) is 12.4 Å². The van der Waals surface area contributed by atoms with Crippen molar-refractivity contribution < 1.29 is 49.6 Å². The van der Waals surface area contributed by atoms with Crippen LogP contribution in [0.25, 0.3) is 0 Å². The first-order chi connectivity index (χ1) is 13.8. The molecule has 0 aromatic carbocycles. The van der Waals surface area contributed by atoms with Crippen molar-refractivity contribution in [3.8, 4) is 0 Å². The Labute approximate surface area is 180 Å². The van der Waals surface area contributed by atoms with Crippen LogP contribution in [0.15, 0.2) is 0 Å². The van der Waals surface area contributed by atoms with Crippen LogP contribution in [-0.2, 0) is 18.9 Å². The third kappa shape index (κ3) is 6.40. The van der Waals surface area contributed by atoms with Crippen LogP contribution in [0.4, 0.5) is 0 Å². The Morgan fingerprint density at radius 1 is 0.724 bits per heavy atom. The van der Waals surface area contributed by atoms with Crippen LogP contribution in [-0.4, -0.2) is 117 Å². The highest BCUT2D eigenvalue weighted by Crippen LogP contribution is 2.29. The first-order valence-electron chi connectivity index (χ1n) is 9.66. The lowest BCUT2D eigenvalue weighted by molar-refractivity contribution is -0.356. The summed E-state index contributed by atoms with van der Waals surface area (Å²) in [6, 6.07) is 0. The van der Waals surface area contributed by atoms with Crippen LogP contribution >= 0.6 is 25.3 Å². The standard InChI is InChI=1S/C17H32O10S2/c18-6-8-15(27-17-13(22)11(20)10(19)9(7-29)26-17)12(21)14(23)16(25-8)24-4-2-1-3-5-28/h8-23,28-29H,1-7H2/t8?,9?,10-,11?,12+,13-,14?,15-,16-,17-/m0/s1. The summed E-state index contributed by atoms with van der Waals surface area (Å²) in [5.74, 6) is 0.811. The summed E-state index contributed by atoms with van der Waals surface area (Å²) in [6.45, 7) is -0.262. The Morgan fingerprint density at radius 3 is 2.00 bits per heavy atom. The number of aliphatic hydroxyl groups excluding tert-OH is 6. The van der Waals surface area contributed by atoms with Gasteiger partial charge in [-0.3, -0.25) is 0 Å². The van der Waals surface area contributed by atoms with E-state index in [-0.39, 0.29) is 5.75 Å². The smallest absolute Gasteiger partial charge is 0.187 e. The molecule has 2 aliphatic heterocycles. The molecule has 0 bridgehead atoms. The fourth-order valence-electron chi connectivity index (χ4n) is 3.28. The molecular formula is C17H32O10S2. The zero-order chi connectivity index (χ0) is 21.6. The fourth-order valence-corrected chi connectivity index (χ4v) is 3.81. The molecule has 0 aromatic rings. The molecule has 0 aromatic heterocycles.